The summed E-state index contributed by atoms with van der Waals surface area (Å²) < 4.78 is 10.3. The van der Waals surface area contributed by atoms with Crippen LogP contribution in [0.1, 0.15) is 41.5 Å². The Bertz CT molecular complexity index is 344. The fourth-order valence-electron chi connectivity index (χ4n) is 1.35. The molecule has 0 aliphatic rings. The second kappa shape index (κ2) is 8.07. The highest BCUT2D eigenvalue weighted by Gasteiger charge is 2.22. The monoisotopic (exact) mass is 304 g/mol. The summed E-state index contributed by atoms with van der Waals surface area (Å²) >= 11 is 0. The molecule has 7 nitrogen and oxygen atoms in total. The molecular formula is C14H28N2O5. The third-order valence-electron chi connectivity index (χ3n) is 2.07. The molecule has 0 spiro atoms. The lowest BCUT2D eigenvalue weighted by Gasteiger charge is -2.27. The van der Waals surface area contributed by atoms with Gasteiger partial charge in [-0.25, -0.2) is 9.59 Å². The first-order valence-corrected chi connectivity index (χ1v) is 7.00. The summed E-state index contributed by atoms with van der Waals surface area (Å²) in [5, 5.41) is 11.5. The molecule has 0 rings (SSSR count). The van der Waals surface area contributed by atoms with Crippen LogP contribution in [0.3, 0.4) is 0 Å². The van der Waals surface area contributed by atoms with Crippen LogP contribution >= 0.6 is 0 Å². The van der Waals surface area contributed by atoms with Crippen molar-refractivity contribution >= 4 is 12.2 Å². The van der Waals surface area contributed by atoms with Crippen molar-refractivity contribution in [3.63, 3.8) is 0 Å². The number of carbonyl (C=O) groups is 2. The zero-order valence-electron chi connectivity index (χ0n) is 13.9. The van der Waals surface area contributed by atoms with Gasteiger partial charge < -0.3 is 24.8 Å². The van der Waals surface area contributed by atoms with E-state index in [1.807, 2.05) is 0 Å². The maximum Gasteiger partial charge on any atom is 0.410 e. The number of hydrogen-bond acceptors (Lipinski definition) is 5. The number of aliphatic hydroxyl groups excluding tert-OH is 1. The van der Waals surface area contributed by atoms with E-state index in [1.54, 1.807) is 41.5 Å². The van der Waals surface area contributed by atoms with Crippen LogP contribution in [0.25, 0.3) is 0 Å². The van der Waals surface area contributed by atoms with E-state index >= 15 is 0 Å². The van der Waals surface area contributed by atoms with E-state index in [9.17, 15) is 9.59 Å². The second-order valence-corrected chi connectivity index (χ2v) is 6.62. The molecular weight excluding hydrogens is 276 g/mol. The highest BCUT2D eigenvalue weighted by atomic mass is 16.6. The third kappa shape index (κ3) is 10.9. The summed E-state index contributed by atoms with van der Waals surface area (Å²) in [7, 11) is 0. The number of alkyl carbamates (subject to hydrolysis) is 1. The van der Waals surface area contributed by atoms with Gasteiger partial charge in [0, 0.05) is 19.6 Å². The van der Waals surface area contributed by atoms with E-state index in [0.29, 0.717) is 0 Å². The largest absolute Gasteiger partial charge is 0.444 e. The van der Waals surface area contributed by atoms with Crippen molar-refractivity contribution in [2.75, 3.05) is 26.2 Å². The highest BCUT2D eigenvalue weighted by Crippen LogP contribution is 2.10. The van der Waals surface area contributed by atoms with Gasteiger partial charge in [0.25, 0.3) is 0 Å². The van der Waals surface area contributed by atoms with E-state index in [1.165, 1.54) is 4.90 Å². The molecule has 2 N–H and O–H groups in total. The second-order valence-electron chi connectivity index (χ2n) is 6.62. The number of nitrogens with one attached hydrogen (secondary N) is 1. The van der Waals surface area contributed by atoms with Crippen molar-refractivity contribution in [2.45, 2.75) is 52.7 Å². The van der Waals surface area contributed by atoms with Crippen molar-refractivity contribution in [1.29, 1.82) is 0 Å². The number of hydrogen-bond donors (Lipinski definition) is 2. The smallest absolute Gasteiger partial charge is 0.410 e. The summed E-state index contributed by atoms with van der Waals surface area (Å²) in [6, 6.07) is 0. The van der Waals surface area contributed by atoms with Gasteiger partial charge in [0.1, 0.15) is 11.2 Å². The highest BCUT2D eigenvalue weighted by molar-refractivity contribution is 5.69. The number of ether oxygens (including phenoxy) is 2. The molecule has 21 heavy (non-hydrogen) atoms. The fourth-order valence-corrected chi connectivity index (χ4v) is 1.35. The van der Waals surface area contributed by atoms with Gasteiger partial charge in [0.05, 0.1) is 6.61 Å². The molecule has 0 heterocycles. The number of carbonyl (C=O) groups excluding carboxylic acids is 2. The molecule has 0 saturated carbocycles. The Balaban J connectivity index is 4.28. The topological polar surface area (TPSA) is 88.1 Å². The van der Waals surface area contributed by atoms with Crippen LogP contribution in [-0.4, -0.2) is 59.6 Å². The minimum Gasteiger partial charge on any atom is -0.444 e. The van der Waals surface area contributed by atoms with E-state index in [0.717, 1.165) is 0 Å². The van der Waals surface area contributed by atoms with Crippen molar-refractivity contribution in [2.24, 2.45) is 0 Å². The Morgan fingerprint density at radius 1 is 1.00 bits per heavy atom. The maximum atomic E-state index is 11.9. The third-order valence-corrected chi connectivity index (χ3v) is 2.07. The minimum absolute atomic E-state index is 0.144. The van der Waals surface area contributed by atoms with Gasteiger partial charge in [0.15, 0.2) is 0 Å². The maximum absolute atomic E-state index is 11.9. The number of aliphatic hydroxyl groups is 1. The van der Waals surface area contributed by atoms with Gasteiger partial charge in [-0.3, -0.25) is 0 Å². The SMILES string of the molecule is CC(C)(C)OC(=O)NCCN(CCO)C(=O)OC(C)(C)C. The predicted molar refractivity (Wildman–Crippen MR) is 79.1 cm³/mol. The van der Waals surface area contributed by atoms with E-state index in [4.69, 9.17) is 14.6 Å². The average molecular weight is 304 g/mol. The first-order valence-electron chi connectivity index (χ1n) is 7.00. The van der Waals surface area contributed by atoms with E-state index in [-0.39, 0.29) is 26.2 Å². The molecule has 7 heteroatoms. The van der Waals surface area contributed by atoms with Gasteiger partial charge in [-0.15, -0.1) is 0 Å². The summed E-state index contributed by atoms with van der Waals surface area (Å²) in [6.07, 6.45) is -1.07. The molecule has 124 valence electrons. The van der Waals surface area contributed by atoms with Crippen molar-refractivity contribution in [3.8, 4) is 0 Å². The summed E-state index contributed by atoms with van der Waals surface area (Å²) in [4.78, 5) is 24.7. The van der Waals surface area contributed by atoms with E-state index < -0.39 is 23.4 Å². The van der Waals surface area contributed by atoms with Crippen LogP contribution in [-0.2, 0) is 9.47 Å². The Hall–Kier alpha value is -1.50. The molecule has 0 unspecified atom stereocenters. The lowest BCUT2D eigenvalue weighted by atomic mass is 10.2. The van der Waals surface area contributed by atoms with Gasteiger partial charge >= 0.3 is 12.2 Å². The summed E-state index contributed by atoms with van der Waals surface area (Å²) in [5.74, 6) is 0. The first kappa shape index (κ1) is 19.5. The molecule has 0 aromatic heterocycles. The summed E-state index contributed by atoms with van der Waals surface area (Å²) in [5.41, 5.74) is -1.18. The lowest BCUT2D eigenvalue weighted by Crippen LogP contribution is -2.43. The molecule has 2 amide bonds. The van der Waals surface area contributed by atoms with Crippen LogP contribution in [0.2, 0.25) is 0 Å². The van der Waals surface area contributed by atoms with Gasteiger partial charge in [-0.1, -0.05) is 0 Å². The van der Waals surface area contributed by atoms with E-state index in [2.05, 4.69) is 5.32 Å². The minimum atomic E-state index is -0.608. The van der Waals surface area contributed by atoms with Crippen LogP contribution in [0.4, 0.5) is 9.59 Å². The molecule has 0 bridgehead atoms. The fraction of sp³-hybridized carbons (Fsp3) is 0.857. The quantitative estimate of drug-likeness (QED) is 0.807. The predicted octanol–water partition coefficient (Wildman–Crippen LogP) is 1.74. The Labute approximate surface area is 126 Å². The Morgan fingerprint density at radius 2 is 1.52 bits per heavy atom. The molecule has 0 aliphatic heterocycles. The molecule has 0 aliphatic carbocycles. The molecule has 0 radical (unpaired) electrons. The molecule has 0 aromatic carbocycles. The zero-order chi connectivity index (χ0) is 16.7. The molecule has 0 saturated heterocycles. The van der Waals surface area contributed by atoms with Gasteiger partial charge in [-0.05, 0) is 41.5 Å². The number of rotatable bonds is 5. The number of nitrogens with zero attached hydrogens (tertiary/aromatic N) is 1. The Morgan fingerprint density at radius 3 is 1.95 bits per heavy atom. The van der Waals surface area contributed by atoms with Crippen LogP contribution < -0.4 is 5.32 Å². The molecule has 0 aromatic rings. The first-order chi connectivity index (χ1) is 9.44. The van der Waals surface area contributed by atoms with Gasteiger partial charge in [0.2, 0.25) is 0 Å². The van der Waals surface area contributed by atoms with Crippen LogP contribution in [0.5, 0.6) is 0 Å². The number of amides is 2. The normalized spacial score (nSPS) is 11.8. The van der Waals surface area contributed by atoms with Crippen LogP contribution in [0, 0.1) is 0 Å². The van der Waals surface area contributed by atoms with Crippen LogP contribution in [0.15, 0.2) is 0 Å². The van der Waals surface area contributed by atoms with Crippen molar-refractivity contribution < 1.29 is 24.2 Å². The summed E-state index contributed by atoms with van der Waals surface area (Å²) in [6.45, 7) is 11.0. The average Bonchev–Trinajstić information content (AvgIpc) is 2.22. The molecule has 0 atom stereocenters. The zero-order valence-corrected chi connectivity index (χ0v) is 13.9. The van der Waals surface area contributed by atoms with Crippen molar-refractivity contribution in [1.82, 2.24) is 10.2 Å². The standard InChI is InChI=1S/C14H28N2O5/c1-13(2,3)20-11(18)15-7-8-16(9-10-17)12(19)21-14(4,5)6/h17H,7-10H2,1-6H3,(H,15,18). The lowest BCUT2D eigenvalue weighted by molar-refractivity contribution is 0.0211. The molecule has 0 fully saturated rings. The van der Waals surface area contributed by atoms with Gasteiger partial charge in [-0.2, -0.15) is 0 Å². The van der Waals surface area contributed by atoms with Crippen molar-refractivity contribution in [3.05, 3.63) is 0 Å². The Kier molecular flexibility index (Phi) is 7.49.